The SMILES string of the molecule is Cc1ccc(-c2ccccc2)cc1N(c1ccc(C2=CC=C(c3cccc4ccccc34)CC2)cc1)c1cccc(C2=CC=CC3=CC2c2ccccc2N3c2ccccc2)c1. The number of hydrogen-bond donors (Lipinski definition) is 0. The predicted octanol–water partition coefficient (Wildman–Crippen LogP) is 16.3. The molecule has 0 saturated carbocycles. The minimum absolute atomic E-state index is 0.0984. The van der Waals surface area contributed by atoms with Gasteiger partial charge < -0.3 is 9.80 Å². The summed E-state index contributed by atoms with van der Waals surface area (Å²) in [4.78, 5) is 4.83. The van der Waals surface area contributed by atoms with E-state index in [0.29, 0.717) is 0 Å². The summed E-state index contributed by atoms with van der Waals surface area (Å²) < 4.78 is 0. The van der Waals surface area contributed by atoms with Crippen molar-refractivity contribution in [2.24, 2.45) is 0 Å². The number of nitrogens with zero attached hydrogens (tertiary/aromatic N) is 2. The minimum Gasteiger partial charge on any atom is -0.310 e. The third kappa shape index (κ3) is 6.90. The molecule has 2 nitrogen and oxygen atoms in total. The number of hydrogen-bond acceptors (Lipinski definition) is 2. The highest BCUT2D eigenvalue weighted by Crippen LogP contribution is 2.49. The van der Waals surface area contributed by atoms with E-state index in [-0.39, 0.29) is 5.92 Å². The number of aryl methyl sites for hydroxylation is 1. The zero-order chi connectivity index (χ0) is 41.4. The Labute approximate surface area is 365 Å². The zero-order valence-electron chi connectivity index (χ0n) is 34.8. The van der Waals surface area contributed by atoms with Crippen molar-refractivity contribution in [3.63, 3.8) is 0 Å². The van der Waals surface area contributed by atoms with Crippen LogP contribution < -0.4 is 9.80 Å². The van der Waals surface area contributed by atoms with Gasteiger partial charge >= 0.3 is 0 Å². The van der Waals surface area contributed by atoms with Gasteiger partial charge in [0, 0.05) is 34.4 Å². The van der Waals surface area contributed by atoms with Crippen LogP contribution >= 0.6 is 0 Å². The average molecular weight is 795 g/mol. The molecule has 0 radical (unpaired) electrons. The van der Waals surface area contributed by atoms with Crippen LogP contribution in [0.4, 0.5) is 28.4 Å². The Hall–Kier alpha value is -7.68. The predicted molar refractivity (Wildman–Crippen MR) is 263 cm³/mol. The Morgan fingerprint density at radius 2 is 1.21 bits per heavy atom. The van der Waals surface area contributed by atoms with E-state index in [0.717, 1.165) is 35.6 Å². The van der Waals surface area contributed by atoms with E-state index in [1.807, 2.05) is 0 Å². The van der Waals surface area contributed by atoms with Crippen LogP contribution in [0.25, 0.3) is 38.6 Å². The van der Waals surface area contributed by atoms with Gasteiger partial charge in [-0.2, -0.15) is 0 Å². The van der Waals surface area contributed by atoms with Gasteiger partial charge in [0.05, 0.1) is 5.69 Å². The molecular formula is C60H46N2. The van der Waals surface area contributed by atoms with Crippen molar-refractivity contribution >= 4 is 55.9 Å². The molecule has 0 spiro atoms. The van der Waals surface area contributed by atoms with Crippen LogP contribution in [0.2, 0.25) is 0 Å². The van der Waals surface area contributed by atoms with Gasteiger partial charge in [-0.3, -0.25) is 0 Å². The maximum absolute atomic E-state index is 2.45. The average Bonchev–Trinajstić information content (AvgIpc) is 3.53. The first-order chi connectivity index (χ1) is 30.7. The van der Waals surface area contributed by atoms with Crippen molar-refractivity contribution < 1.29 is 0 Å². The monoisotopic (exact) mass is 794 g/mol. The summed E-state index contributed by atoms with van der Waals surface area (Å²) in [5, 5.41) is 2.61. The van der Waals surface area contributed by atoms with Crippen molar-refractivity contribution in [1.82, 2.24) is 0 Å². The topological polar surface area (TPSA) is 6.48 Å². The number of benzene rings is 8. The molecule has 0 N–H and O–H groups in total. The van der Waals surface area contributed by atoms with Gasteiger partial charge in [-0.15, -0.1) is 0 Å². The fraction of sp³-hybridized carbons (Fsp3) is 0.0667. The molecule has 0 fully saturated rings. The van der Waals surface area contributed by atoms with Crippen LogP contribution in [0.5, 0.6) is 0 Å². The zero-order valence-corrected chi connectivity index (χ0v) is 34.8. The highest BCUT2D eigenvalue weighted by atomic mass is 15.2. The summed E-state index contributed by atoms with van der Waals surface area (Å²) in [6, 6.07) is 70.9. The van der Waals surface area contributed by atoms with Gasteiger partial charge in [-0.05, 0) is 147 Å². The summed E-state index contributed by atoms with van der Waals surface area (Å²) in [6.07, 6.45) is 15.9. The Morgan fingerprint density at radius 3 is 2.05 bits per heavy atom. The summed E-state index contributed by atoms with van der Waals surface area (Å²) in [5.74, 6) is 0.0984. The number of para-hydroxylation sites is 2. The Bertz CT molecular complexity index is 3120. The van der Waals surface area contributed by atoms with Crippen LogP contribution in [-0.4, -0.2) is 0 Å². The van der Waals surface area contributed by atoms with Gasteiger partial charge in [0.25, 0.3) is 0 Å². The molecule has 2 heteroatoms. The molecule has 2 bridgehead atoms. The molecule has 0 aromatic heterocycles. The van der Waals surface area contributed by atoms with E-state index in [1.165, 1.54) is 77.8 Å². The second kappa shape index (κ2) is 16.1. The lowest BCUT2D eigenvalue weighted by atomic mass is 9.83. The van der Waals surface area contributed by atoms with Crippen LogP contribution in [0, 0.1) is 6.92 Å². The van der Waals surface area contributed by atoms with Crippen molar-refractivity contribution in [2.45, 2.75) is 25.7 Å². The van der Waals surface area contributed by atoms with E-state index < -0.39 is 0 Å². The molecule has 8 aromatic carbocycles. The summed E-state index contributed by atoms with van der Waals surface area (Å²) in [6.45, 7) is 2.23. The number of fused-ring (bicyclic) bond motifs is 4. The molecule has 1 heterocycles. The lowest BCUT2D eigenvalue weighted by Crippen LogP contribution is -2.22. The Kier molecular flexibility index (Phi) is 9.67. The van der Waals surface area contributed by atoms with E-state index in [1.54, 1.807) is 0 Å². The molecule has 2 aliphatic carbocycles. The Balaban J connectivity index is 0.979. The summed E-state index contributed by atoms with van der Waals surface area (Å²) in [7, 11) is 0. The summed E-state index contributed by atoms with van der Waals surface area (Å²) >= 11 is 0. The first kappa shape index (κ1) is 37.3. The van der Waals surface area contributed by atoms with Crippen LogP contribution in [0.1, 0.15) is 46.6 Å². The number of rotatable bonds is 8. The lowest BCUT2D eigenvalue weighted by Gasteiger charge is -2.35. The van der Waals surface area contributed by atoms with Gasteiger partial charge in [0.1, 0.15) is 0 Å². The molecule has 3 aliphatic rings. The van der Waals surface area contributed by atoms with Crippen LogP contribution in [-0.2, 0) is 0 Å². The number of allylic oxidation sites excluding steroid dienone is 9. The van der Waals surface area contributed by atoms with E-state index >= 15 is 0 Å². The molecule has 62 heavy (non-hydrogen) atoms. The van der Waals surface area contributed by atoms with Gasteiger partial charge in [0.15, 0.2) is 0 Å². The molecular weight excluding hydrogens is 749 g/mol. The molecule has 11 rings (SSSR count). The molecule has 1 unspecified atom stereocenters. The first-order valence-electron chi connectivity index (χ1n) is 21.8. The maximum Gasteiger partial charge on any atom is 0.0502 e. The van der Waals surface area contributed by atoms with Crippen molar-refractivity contribution in [2.75, 3.05) is 9.80 Å². The molecule has 1 atom stereocenters. The van der Waals surface area contributed by atoms with Gasteiger partial charge in [-0.1, -0.05) is 170 Å². The third-order valence-corrected chi connectivity index (χ3v) is 12.8. The van der Waals surface area contributed by atoms with Gasteiger partial charge in [0.2, 0.25) is 0 Å². The first-order valence-corrected chi connectivity index (χ1v) is 21.8. The van der Waals surface area contributed by atoms with E-state index in [4.69, 9.17) is 0 Å². The molecule has 8 aromatic rings. The highest BCUT2D eigenvalue weighted by molar-refractivity contribution is 5.95. The van der Waals surface area contributed by atoms with Crippen molar-refractivity contribution in [3.05, 3.63) is 264 Å². The number of anilines is 5. The quantitative estimate of drug-likeness (QED) is 0.151. The van der Waals surface area contributed by atoms with Crippen LogP contribution in [0.15, 0.2) is 236 Å². The minimum atomic E-state index is 0.0984. The van der Waals surface area contributed by atoms with Crippen LogP contribution in [0.3, 0.4) is 0 Å². The Morgan fingerprint density at radius 1 is 0.516 bits per heavy atom. The second-order valence-electron chi connectivity index (χ2n) is 16.5. The largest absolute Gasteiger partial charge is 0.310 e. The van der Waals surface area contributed by atoms with E-state index in [9.17, 15) is 0 Å². The van der Waals surface area contributed by atoms with E-state index in [2.05, 4.69) is 247 Å². The van der Waals surface area contributed by atoms with Crippen molar-refractivity contribution in [3.8, 4) is 11.1 Å². The molecule has 0 saturated heterocycles. The van der Waals surface area contributed by atoms with Gasteiger partial charge in [-0.25, -0.2) is 0 Å². The standard InChI is InChI=1S/C60H46N2/c1-42-29-30-48(43-15-4-2-5-16-43)40-60(42)62(51-37-35-45(36-38-51)44-31-33-47(34-32-44)55-26-13-18-46-17-8-9-24-54(46)55)52-22-12-19-49(39-52)56-27-14-23-53-41-58(56)57-25-10-11-28-59(57)61(53)50-20-6-3-7-21-50/h2-31,33,35-41,58H,32,34H2,1H3. The molecule has 1 aliphatic heterocycles. The molecule has 296 valence electrons. The maximum atomic E-state index is 2.45. The second-order valence-corrected chi connectivity index (χ2v) is 16.5. The third-order valence-electron chi connectivity index (χ3n) is 12.8. The summed E-state index contributed by atoms with van der Waals surface area (Å²) in [5.41, 5.74) is 19.8. The van der Waals surface area contributed by atoms with Crippen molar-refractivity contribution in [1.29, 1.82) is 0 Å². The smallest absolute Gasteiger partial charge is 0.0502 e. The highest BCUT2D eigenvalue weighted by Gasteiger charge is 2.30. The fourth-order valence-electron chi connectivity index (χ4n) is 9.66. The normalized spacial score (nSPS) is 15.5. The fourth-order valence-corrected chi connectivity index (χ4v) is 9.66. The molecule has 0 amide bonds. The lowest BCUT2D eigenvalue weighted by molar-refractivity contribution is 1.01.